The molecule has 1 heterocycles. The molecule has 2 N–H and O–H groups in total. The van der Waals surface area contributed by atoms with Gasteiger partial charge in [0, 0.05) is 19.7 Å². The van der Waals surface area contributed by atoms with Gasteiger partial charge in [-0.1, -0.05) is 6.92 Å². The summed E-state index contributed by atoms with van der Waals surface area (Å²) in [5.74, 6) is 0.153. The van der Waals surface area contributed by atoms with E-state index in [0.29, 0.717) is 17.8 Å². The first-order chi connectivity index (χ1) is 7.17. The van der Waals surface area contributed by atoms with Gasteiger partial charge in [-0.3, -0.25) is 9.59 Å². The molecule has 0 fully saturated rings. The van der Waals surface area contributed by atoms with E-state index in [9.17, 15) is 9.59 Å². The number of carbonyl (C=O) groups is 2. The Bertz CT molecular complexity index is 359. The highest BCUT2D eigenvalue weighted by Gasteiger charge is 2.04. The van der Waals surface area contributed by atoms with Crippen LogP contribution in [-0.2, 0) is 4.79 Å². The Kier molecular flexibility index (Phi) is 3.79. The summed E-state index contributed by atoms with van der Waals surface area (Å²) in [6, 6.07) is 3.20. The van der Waals surface area contributed by atoms with E-state index in [-0.39, 0.29) is 11.8 Å². The molecule has 80 valence electrons. The largest absolute Gasteiger partial charge is 0.355 e. The van der Waals surface area contributed by atoms with Crippen LogP contribution in [0.2, 0.25) is 0 Å². The summed E-state index contributed by atoms with van der Waals surface area (Å²) in [5.41, 5.74) is 0.465. The molecule has 0 aliphatic heterocycles. The molecule has 0 saturated heterocycles. The van der Waals surface area contributed by atoms with E-state index in [1.165, 1.54) is 6.20 Å². The maximum atomic E-state index is 11.2. The Labute approximate surface area is 87.9 Å². The van der Waals surface area contributed by atoms with E-state index < -0.39 is 0 Å². The molecule has 5 nitrogen and oxygen atoms in total. The summed E-state index contributed by atoms with van der Waals surface area (Å²) >= 11 is 0. The van der Waals surface area contributed by atoms with Gasteiger partial charge in [-0.15, -0.1) is 0 Å². The number of pyridine rings is 1. The molecular weight excluding hydrogens is 194 g/mol. The maximum absolute atomic E-state index is 11.2. The van der Waals surface area contributed by atoms with Crippen LogP contribution in [0.3, 0.4) is 0 Å². The highest BCUT2D eigenvalue weighted by Crippen LogP contribution is 2.05. The minimum absolute atomic E-state index is 0.102. The fraction of sp³-hybridized carbons (Fsp3) is 0.300. The monoisotopic (exact) mass is 207 g/mol. The van der Waals surface area contributed by atoms with Crippen molar-refractivity contribution < 1.29 is 9.59 Å². The van der Waals surface area contributed by atoms with Crippen LogP contribution in [0.15, 0.2) is 18.3 Å². The first-order valence-electron chi connectivity index (χ1n) is 4.65. The van der Waals surface area contributed by atoms with E-state index in [0.717, 1.165) is 0 Å². The number of hydrogen-bond donors (Lipinski definition) is 2. The van der Waals surface area contributed by atoms with Gasteiger partial charge < -0.3 is 10.6 Å². The molecule has 0 bridgehead atoms. The van der Waals surface area contributed by atoms with Crippen molar-refractivity contribution in [3.05, 3.63) is 23.9 Å². The first-order valence-corrected chi connectivity index (χ1v) is 4.65. The third-order valence-electron chi connectivity index (χ3n) is 1.84. The van der Waals surface area contributed by atoms with E-state index in [1.54, 1.807) is 26.1 Å². The average Bonchev–Trinajstić information content (AvgIpc) is 2.29. The van der Waals surface area contributed by atoms with Crippen LogP contribution in [0.1, 0.15) is 23.7 Å². The Hall–Kier alpha value is -1.91. The highest BCUT2D eigenvalue weighted by molar-refractivity contribution is 5.94. The minimum Gasteiger partial charge on any atom is -0.355 e. The normalized spacial score (nSPS) is 9.47. The minimum atomic E-state index is -0.198. The van der Waals surface area contributed by atoms with Gasteiger partial charge in [-0.25, -0.2) is 4.98 Å². The molecule has 1 aromatic rings. The third kappa shape index (κ3) is 3.05. The molecule has 15 heavy (non-hydrogen) atoms. The summed E-state index contributed by atoms with van der Waals surface area (Å²) in [7, 11) is 1.55. The molecule has 0 aliphatic carbocycles. The SMILES string of the molecule is CCC(=O)Nc1ccc(C(=O)NC)cn1. The number of aromatic nitrogens is 1. The number of rotatable bonds is 3. The molecular formula is C10H13N3O2. The lowest BCUT2D eigenvalue weighted by Gasteiger charge is -2.03. The fourth-order valence-corrected chi connectivity index (χ4v) is 0.978. The van der Waals surface area contributed by atoms with Gasteiger partial charge in [0.25, 0.3) is 5.91 Å². The number of carbonyl (C=O) groups excluding carboxylic acids is 2. The van der Waals surface area contributed by atoms with Crippen LogP contribution in [-0.4, -0.2) is 23.8 Å². The van der Waals surface area contributed by atoms with Crippen LogP contribution < -0.4 is 10.6 Å². The van der Waals surface area contributed by atoms with Gasteiger partial charge in [0.1, 0.15) is 5.82 Å². The topological polar surface area (TPSA) is 71.1 Å². The van der Waals surface area contributed by atoms with Crippen LogP contribution in [0.4, 0.5) is 5.82 Å². The lowest BCUT2D eigenvalue weighted by molar-refractivity contribution is -0.115. The molecule has 0 spiro atoms. The third-order valence-corrected chi connectivity index (χ3v) is 1.84. The van der Waals surface area contributed by atoms with Gasteiger partial charge >= 0.3 is 0 Å². The van der Waals surface area contributed by atoms with E-state index in [2.05, 4.69) is 15.6 Å². The summed E-state index contributed by atoms with van der Waals surface area (Å²) in [6.45, 7) is 1.76. The molecule has 0 aliphatic rings. The molecule has 1 aromatic heterocycles. The molecule has 2 amide bonds. The van der Waals surface area contributed by atoms with Gasteiger partial charge in [-0.2, -0.15) is 0 Å². The standard InChI is InChI=1S/C10H13N3O2/c1-3-9(14)13-8-5-4-7(6-12-8)10(15)11-2/h4-6H,3H2,1-2H3,(H,11,15)(H,12,13,14). The van der Waals surface area contributed by atoms with Crippen molar-refractivity contribution in [3.8, 4) is 0 Å². The second kappa shape index (κ2) is 5.09. The van der Waals surface area contributed by atoms with Crippen LogP contribution in [0.5, 0.6) is 0 Å². The second-order valence-corrected chi connectivity index (χ2v) is 2.91. The summed E-state index contributed by atoms with van der Waals surface area (Å²) in [5, 5.41) is 5.08. The fourth-order valence-electron chi connectivity index (χ4n) is 0.978. The molecule has 0 saturated carbocycles. The van der Waals surface area contributed by atoms with Crippen molar-refractivity contribution in [2.24, 2.45) is 0 Å². The number of hydrogen-bond acceptors (Lipinski definition) is 3. The number of nitrogens with one attached hydrogen (secondary N) is 2. The predicted octanol–water partition coefficient (Wildman–Crippen LogP) is 0.790. The predicted molar refractivity (Wildman–Crippen MR) is 56.5 cm³/mol. The van der Waals surface area contributed by atoms with Crippen molar-refractivity contribution in [2.45, 2.75) is 13.3 Å². The zero-order chi connectivity index (χ0) is 11.3. The quantitative estimate of drug-likeness (QED) is 0.769. The molecule has 1 rings (SSSR count). The van der Waals surface area contributed by atoms with Crippen molar-refractivity contribution in [1.82, 2.24) is 10.3 Å². The van der Waals surface area contributed by atoms with Crippen molar-refractivity contribution in [3.63, 3.8) is 0 Å². The zero-order valence-electron chi connectivity index (χ0n) is 8.70. The van der Waals surface area contributed by atoms with E-state index in [4.69, 9.17) is 0 Å². The Balaban J connectivity index is 2.72. The number of nitrogens with zero attached hydrogens (tertiary/aromatic N) is 1. The smallest absolute Gasteiger partial charge is 0.252 e. The lowest BCUT2D eigenvalue weighted by Crippen LogP contribution is -2.18. The molecule has 0 atom stereocenters. The van der Waals surface area contributed by atoms with Gasteiger partial charge in [0.2, 0.25) is 5.91 Å². The molecule has 0 aromatic carbocycles. The first kappa shape index (κ1) is 11.2. The van der Waals surface area contributed by atoms with Crippen LogP contribution >= 0.6 is 0 Å². The average molecular weight is 207 g/mol. The zero-order valence-corrected chi connectivity index (χ0v) is 8.70. The Morgan fingerprint density at radius 2 is 2.13 bits per heavy atom. The summed E-state index contributed by atoms with van der Waals surface area (Å²) in [6.07, 6.45) is 1.82. The summed E-state index contributed by atoms with van der Waals surface area (Å²) < 4.78 is 0. The van der Waals surface area contributed by atoms with Gasteiger partial charge in [-0.05, 0) is 12.1 Å². The Morgan fingerprint density at radius 3 is 2.60 bits per heavy atom. The number of amides is 2. The van der Waals surface area contributed by atoms with E-state index in [1.807, 2.05) is 0 Å². The highest BCUT2D eigenvalue weighted by atomic mass is 16.2. The molecule has 0 unspecified atom stereocenters. The molecule has 0 radical (unpaired) electrons. The van der Waals surface area contributed by atoms with Crippen molar-refractivity contribution >= 4 is 17.6 Å². The molecule has 5 heteroatoms. The van der Waals surface area contributed by atoms with E-state index >= 15 is 0 Å². The van der Waals surface area contributed by atoms with Crippen LogP contribution in [0, 0.1) is 0 Å². The maximum Gasteiger partial charge on any atom is 0.252 e. The lowest BCUT2D eigenvalue weighted by atomic mass is 10.2. The second-order valence-electron chi connectivity index (χ2n) is 2.91. The summed E-state index contributed by atoms with van der Waals surface area (Å²) in [4.78, 5) is 26.1. The van der Waals surface area contributed by atoms with Crippen LogP contribution in [0.25, 0.3) is 0 Å². The Morgan fingerprint density at radius 1 is 1.40 bits per heavy atom. The van der Waals surface area contributed by atoms with Crippen molar-refractivity contribution in [2.75, 3.05) is 12.4 Å². The number of anilines is 1. The van der Waals surface area contributed by atoms with Crippen molar-refractivity contribution in [1.29, 1.82) is 0 Å². The van der Waals surface area contributed by atoms with Gasteiger partial charge in [0.15, 0.2) is 0 Å². The van der Waals surface area contributed by atoms with Gasteiger partial charge in [0.05, 0.1) is 5.56 Å².